The van der Waals surface area contributed by atoms with E-state index in [2.05, 4.69) is 36.1 Å². The molecule has 1 aliphatic rings. The fraction of sp³-hybridized carbons (Fsp3) is 0.364. The third kappa shape index (κ3) is 4.76. The van der Waals surface area contributed by atoms with Crippen molar-refractivity contribution in [3.8, 4) is 0 Å². The van der Waals surface area contributed by atoms with E-state index in [-0.39, 0.29) is 11.8 Å². The van der Waals surface area contributed by atoms with Gasteiger partial charge in [0.1, 0.15) is 0 Å². The summed E-state index contributed by atoms with van der Waals surface area (Å²) in [6.45, 7) is 5.62. The molecule has 0 unspecified atom stereocenters. The van der Waals surface area contributed by atoms with Crippen LogP contribution in [0, 0.1) is 0 Å². The summed E-state index contributed by atoms with van der Waals surface area (Å²) >= 11 is 5.94. The average molecular weight is 385 g/mol. The number of rotatable bonds is 9. The second-order valence-corrected chi connectivity index (χ2v) is 7.30. The molecule has 1 aliphatic heterocycles. The molecular formula is C22H25ClN2O2. The normalized spacial score (nSPS) is 13.5. The number of carbonyl (C=O) groups is 2. The van der Waals surface area contributed by atoms with Gasteiger partial charge >= 0.3 is 0 Å². The van der Waals surface area contributed by atoms with Gasteiger partial charge in [0.25, 0.3) is 11.8 Å². The minimum Gasteiger partial charge on any atom is -0.299 e. The Morgan fingerprint density at radius 1 is 0.926 bits per heavy atom. The van der Waals surface area contributed by atoms with E-state index in [1.165, 1.54) is 10.5 Å². The van der Waals surface area contributed by atoms with Crippen LogP contribution in [-0.4, -0.2) is 41.2 Å². The van der Waals surface area contributed by atoms with Crippen LogP contribution in [0.1, 0.15) is 52.5 Å². The quantitative estimate of drug-likeness (QED) is 0.467. The molecule has 27 heavy (non-hydrogen) atoms. The highest BCUT2D eigenvalue weighted by molar-refractivity contribution is 6.32. The molecule has 0 saturated heterocycles. The van der Waals surface area contributed by atoms with Crippen molar-refractivity contribution in [3.05, 3.63) is 70.2 Å². The van der Waals surface area contributed by atoms with Crippen LogP contribution in [0.5, 0.6) is 0 Å². The fourth-order valence-corrected chi connectivity index (χ4v) is 3.61. The van der Waals surface area contributed by atoms with Crippen molar-refractivity contribution in [2.45, 2.75) is 32.7 Å². The third-order valence-corrected chi connectivity index (χ3v) is 5.22. The van der Waals surface area contributed by atoms with Gasteiger partial charge in [0.05, 0.1) is 11.1 Å². The molecular weight excluding hydrogens is 360 g/mol. The van der Waals surface area contributed by atoms with E-state index in [0.717, 1.165) is 38.9 Å². The van der Waals surface area contributed by atoms with Gasteiger partial charge in [0, 0.05) is 18.1 Å². The number of imide groups is 1. The Bertz CT molecular complexity index is 807. The van der Waals surface area contributed by atoms with Gasteiger partial charge < -0.3 is 0 Å². The van der Waals surface area contributed by atoms with Gasteiger partial charge in [-0.05, 0) is 49.7 Å². The molecule has 0 aliphatic carbocycles. The average Bonchev–Trinajstić information content (AvgIpc) is 2.91. The van der Waals surface area contributed by atoms with Gasteiger partial charge in [-0.15, -0.1) is 0 Å². The molecule has 2 amide bonds. The number of amides is 2. The predicted octanol–water partition coefficient (Wildman–Crippen LogP) is 4.63. The van der Waals surface area contributed by atoms with Crippen LogP contribution in [-0.2, 0) is 6.54 Å². The third-order valence-electron chi connectivity index (χ3n) is 4.99. The van der Waals surface area contributed by atoms with E-state index in [1.54, 1.807) is 18.2 Å². The van der Waals surface area contributed by atoms with E-state index in [9.17, 15) is 9.59 Å². The van der Waals surface area contributed by atoms with Crippen LogP contribution < -0.4 is 0 Å². The second kappa shape index (κ2) is 9.16. The lowest BCUT2D eigenvalue weighted by molar-refractivity contribution is 0.0651. The lowest BCUT2D eigenvalue weighted by Crippen LogP contribution is -2.31. The molecule has 0 fully saturated rings. The number of carbonyl (C=O) groups excluding carboxylic acids is 2. The van der Waals surface area contributed by atoms with Crippen LogP contribution >= 0.6 is 11.6 Å². The smallest absolute Gasteiger partial charge is 0.261 e. The van der Waals surface area contributed by atoms with Crippen molar-refractivity contribution in [2.24, 2.45) is 0 Å². The zero-order valence-electron chi connectivity index (χ0n) is 15.7. The second-order valence-electron chi connectivity index (χ2n) is 6.87. The molecule has 2 aromatic rings. The standard InChI is InChI=1S/C22H25ClN2O2/c1-2-24(16-17-9-5-3-6-10-17)13-7-4-8-14-25-21(26)19-12-11-18(23)15-20(19)22(25)27/h3,5-6,9-12,15H,2,4,7-8,13-14,16H2,1H3. The molecule has 0 bridgehead atoms. The monoisotopic (exact) mass is 384 g/mol. The molecule has 2 aromatic carbocycles. The van der Waals surface area contributed by atoms with Crippen molar-refractivity contribution in [2.75, 3.05) is 19.6 Å². The highest BCUT2D eigenvalue weighted by atomic mass is 35.5. The largest absolute Gasteiger partial charge is 0.299 e. The minimum atomic E-state index is -0.225. The van der Waals surface area contributed by atoms with Crippen molar-refractivity contribution in [1.82, 2.24) is 9.80 Å². The SMILES string of the molecule is CCN(CCCCCN1C(=O)c2ccc(Cl)cc2C1=O)Cc1ccccc1. The lowest BCUT2D eigenvalue weighted by Gasteiger charge is -2.20. The van der Waals surface area contributed by atoms with E-state index in [4.69, 9.17) is 11.6 Å². The van der Waals surface area contributed by atoms with Crippen LogP contribution in [0.25, 0.3) is 0 Å². The summed E-state index contributed by atoms with van der Waals surface area (Å²) in [7, 11) is 0. The van der Waals surface area contributed by atoms with Gasteiger partial charge in [-0.3, -0.25) is 19.4 Å². The topological polar surface area (TPSA) is 40.6 Å². The van der Waals surface area contributed by atoms with Gasteiger partial charge in [-0.25, -0.2) is 0 Å². The first-order valence-corrected chi connectivity index (χ1v) is 9.90. The highest BCUT2D eigenvalue weighted by Gasteiger charge is 2.34. The van der Waals surface area contributed by atoms with Crippen LogP contribution in [0.4, 0.5) is 0 Å². The summed E-state index contributed by atoms with van der Waals surface area (Å²) in [6, 6.07) is 15.3. The Morgan fingerprint density at radius 2 is 1.67 bits per heavy atom. The molecule has 5 heteroatoms. The maximum absolute atomic E-state index is 12.4. The molecule has 0 aromatic heterocycles. The molecule has 4 nitrogen and oxygen atoms in total. The van der Waals surface area contributed by atoms with Crippen LogP contribution in [0.15, 0.2) is 48.5 Å². The predicted molar refractivity (Wildman–Crippen MR) is 108 cm³/mol. The number of hydrogen-bond donors (Lipinski definition) is 0. The van der Waals surface area contributed by atoms with Crippen molar-refractivity contribution < 1.29 is 9.59 Å². The first kappa shape index (κ1) is 19.6. The fourth-order valence-electron chi connectivity index (χ4n) is 3.44. The van der Waals surface area contributed by atoms with Crippen molar-refractivity contribution in [3.63, 3.8) is 0 Å². The number of halogens is 1. The summed E-state index contributed by atoms with van der Waals surface area (Å²) in [5.41, 5.74) is 2.21. The molecule has 0 atom stereocenters. The van der Waals surface area contributed by atoms with Crippen molar-refractivity contribution in [1.29, 1.82) is 0 Å². The Balaban J connectivity index is 1.43. The van der Waals surface area contributed by atoms with Gasteiger partial charge in [-0.2, -0.15) is 0 Å². The summed E-state index contributed by atoms with van der Waals surface area (Å²) < 4.78 is 0. The van der Waals surface area contributed by atoms with E-state index < -0.39 is 0 Å². The summed E-state index contributed by atoms with van der Waals surface area (Å²) in [5, 5.41) is 0.481. The molecule has 0 saturated carbocycles. The first-order chi connectivity index (χ1) is 13.1. The number of nitrogens with zero attached hydrogens (tertiary/aromatic N) is 2. The van der Waals surface area contributed by atoms with Gasteiger partial charge in [0.15, 0.2) is 0 Å². The lowest BCUT2D eigenvalue weighted by atomic mass is 10.1. The molecule has 142 valence electrons. The molecule has 1 heterocycles. The van der Waals surface area contributed by atoms with Crippen LogP contribution in [0.2, 0.25) is 5.02 Å². The summed E-state index contributed by atoms with van der Waals surface area (Å²) in [6.07, 6.45) is 2.86. The minimum absolute atomic E-state index is 0.203. The maximum atomic E-state index is 12.4. The maximum Gasteiger partial charge on any atom is 0.261 e. The Labute approximate surface area is 165 Å². The zero-order chi connectivity index (χ0) is 19.2. The Hall–Kier alpha value is -2.17. The van der Waals surface area contributed by atoms with Crippen LogP contribution in [0.3, 0.4) is 0 Å². The number of benzene rings is 2. The molecule has 3 rings (SSSR count). The molecule has 0 spiro atoms. The summed E-state index contributed by atoms with van der Waals surface area (Å²) in [5.74, 6) is -0.428. The Kier molecular flexibility index (Phi) is 6.64. The molecule has 0 radical (unpaired) electrons. The first-order valence-electron chi connectivity index (χ1n) is 9.52. The molecule has 0 N–H and O–H groups in total. The van der Waals surface area contributed by atoms with Gasteiger partial charge in [0.2, 0.25) is 0 Å². The highest BCUT2D eigenvalue weighted by Crippen LogP contribution is 2.26. The Morgan fingerprint density at radius 3 is 2.41 bits per heavy atom. The number of hydrogen-bond acceptors (Lipinski definition) is 3. The van der Waals surface area contributed by atoms with E-state index >= 15 is 0 Å². The number of unbranched alkanes of at least 4 members (excludes halogenated alkanes) is 2. The van der Waals surface area contributed by atoms with Gasteiger partial charge in [-0.1, -0.05) is 55.3 Å². The van der Waals surface area contributed by atoms with E-state index in [1.807, 2.05) is 6.07 Å². The number of fused-ring (bicyclic) bond motifs is 1. The van der Waals surface area contributed by atoms with Crippen molar-refractivity contribution >= 4 is 23.4 Å². The van der Waals surface area contributed by atoms with E-state index in [0.29, 0.717) is 22.7 Å². The zero-order valence-corrected chi connectivity index (χ0v) is 16.4. The summed E-state index contributed by atoms with van der Waals surface area (Å²) in [4.78, 5) is 28.6.